The summed E-state index contributed by atoms with van der Waals surface area (Å²) in [7, 11) is 1.31. The maximum Gasteiger partial charge on any atom is 0.343 e. The molecule has 92 valence electrons. The maximum absolute atomic E-state index is 11.1. The Balaban J connectivity index is 2.34. The Morgan fingerprint density at radius 3 is 3.06 bits per heavy atom. The first-order valence-corrected chi connectivity index (χ1v) is 5.41. The SMILES string of the molecule is COC(=O)COc1cccc2[nH]cc(CC#N)c12. The molecular formula is C13H12N2O3. The fourth-order valence-corrected chi connectivity index (χ4v) is 1.76. The lowest BCUT2D eigenvalue weighted by Crippen LogP contribution is -2.12. The minimum absolute atomic E-state index is 0.146. The number of benzene rings is 1. The molecule has 2 rings (SSSR count). The number of esters is 1. The number of fused-ring (bicyclic) bond motifs is 1. The molecule has 0 amide bonds. The van der Waals surface area contributed by atoms with Gasteiger partial charge in [-0.05, 0) is 17.7 Å². The Morgan fingerprint density at radius 2 is 2.33 bits per heavy atom. The molecule has 0 saturated carbocycles. The van der Waals surface area contributed by atoms with E-state index in [2.05, 4.69) is 15.8 Å². The summed E-state index contributed by atoms with van der Waals surface area (Å²) in [6.45, 7) is -0.146. The van der Waals surface area contributed by atoms with Gasteiger partial charge in [-0.1, -0.05) is 6.07 Å². The van der Waals surface area contributed by atoms with Gasteiger partial charge in [-0.15, -0.1) is 0 Å². The molecule has 5 nitrogen and oxygen atoms in total. The van der Waals surface area contributed by atoms with Crippen LogP contribution in [0.25, 0.3) is 10.9 Å². The number of hydrogen-bond acceptors (Lipinski definition) is 4. The van der Waals surface area contributed by atoms with Crippen LogP contribution < -0.4 is 4.74 Å². The first-order chi connectivity index (χ1) is 8.76. The average molecular weight is 244 g/mol. The van der Waals surface area contributed by atoms with Crippen molar-refractivity contribution in [2.24, 2.45) is 0 Å². The van der Waals surface area contributed by atoms with Crippen molar-refractivity contribution in [3.05, 3.63) is 30.0 Å². The summed E-state index contributed by atoms with van der Waals surface area (Å²) in [5.41, 5.74) is 1.73. The lowest BCUT2D eigenvalue weighted by atomic mass is 10.1. The molecule has 0 aliphatic rings. The van der Waals surface area contributed by atoms with E-state index in [1.165, 1.54) is 7.11 Å². The monoisotopic (exact) mass is 244 g/mol. The molecule has 5 heteroatoms. The Kier molecular flexibility index (Phi) is 3.49. The molecule has 1 aromatic heterocycles. The third-order valence-corrected chi connectivity index (χ3v) is 2.59. The number of aromatic amines is 1. The molecule has 0 fully saturated rings. The summed E-state index contributed by atoms with van der Waals surface area (Å²) >= 11 is 0. The van der Waals surface area contributed by atoms with Crippen molar-refractivity contribution in [1.29, 1.82) is 5.26 Å². The Morgan fingerprint density at radius 1 is 1.50 bits per heavy atom. The Labute approximate surface area is 104 Å². The molecular weight excluding hydrogens is 232 g/mol. The van der Waals surface area contributed by atoms with Gasteiger partial charge in [0.15, 0.2) is 6.61 Å². The normalized spacial score (nSPS) is 10.0. The summed E-state index contributed by atoms with van der Waals surface area (Å²) in [4.78, 5) is 14.1. The standard InChI is InChI=1S/C13H12N2O3/c1-17-12(16)8-18-11-4-2-3-10-13(11)9(5-6-14)7-15-10/h2-4,7,15H,5,8H2,1H3. The highest BCUT2D eigenvalue weighted by Gasteiger charge is 2.10. The summed E-state index contributed by atoms with van der Waals surface area (Å²) in [6.07, 6.45) is 2.07. The van der Waals surface area contributed by atoms with E-state index in [1.54, 1.807) is 12.3 Å². The zero-order valence-electron chi connectivity index (χ0n) is 9.90. The van der Waals surface area contributed by atoms with Crippen LogP contribution in [0.1, 0.15) is 5.56 Å². The molecule has 0 saturated heterocycles. The van der Waals surface area contributed by atoms with Crippen molar-refractivity contribution >= 4 is 16.9 Å². The van der Waals surface area contributed by atoms with E-state index in [4.69, 9.17) is 10.00 Å². The summed E-state index contributed by atoms with van der Waals surface area (Å²) in [6, 6.07) is 7.57. The quantitative estimate of drug-likeness (QED) is 0.832. The maximum atomic E-state index is 11.1. The van der Waals surface area contributed by atoms with Gasteiger partial charge in [-0.3, -0.25) is 0 Å². The van der Waals surface area contributed by atoms with Crippen LogP contribution in [0.4, 0.5) is 0 Å². The third kappa shape index (κ3) is 2.28. The van der Waals surface area contributed by atoms with Crippen LogP contribution in [0.15, 0.2) is 24.4 Å². The van der Waals surface area contributed by atoms with Crippen molar-refractivity contribution in [3.8, 4) is 11.8 Å². The number of hydrogen-bond donors (Lipinski definition) is 1. The van der Waals surface area contributed by atoms with Crippen LogP contribution in [-0.4, -0.2) is 24.7 Å². The van der Waals surface area contributed by atoms with Gasteiger partial charge < -0.3 is 14.5 Å². The van der Waals surface area contributed by atoms with Gasteiger partial charge in [0.05, 0.1) is 19.6 Å². The zero-order chi connectivity index (χ0) is 13.0. The van der Waals surface area contributed by atoms with E-state index in [9.17, 15) is 4.79 Å². The summed E-state index contributed by atoms with van der Waals surface area (Å²) in [5, 5.41) is 9.60. The lowest BCUT2D eigenvalue weighted by Gasteiger charge is -2.07. The number of ether oxygens (including phenoxy) is 2. The van der Waals surface area contributed by atoms with Gasteiger partial charge in [0.2, 0.25) is 0 Å². The van der Waals surface area contributed by atoms with Crippen molar-refractivity contribution in [2.75, 3.05) is 13.7 Å². The number of nitriles is 1. The summed E-state index contributed by atoms with van der Waals surface area (Å²) < 4.78 is 9.93. The number of nitrogens with one attached hydrogen (secondary N) is 1. The largest absolute Gasteiger partial charge is 0.481 e. The molecule has 1 heterocycles. The van der Waals surface area contributed by atoms with E-state index < -0.39 is 5.97 Å². The van der Waals surface area contributed by atoms with E-state index in [0.717, 1.165) is 16.5 Å². The van der Waals surface area contributed by atoms with Crippen molar-refractivity contribution < 1.29 is 14.3 Å². The van der Waals surface area contributed by atoms with Crippen LogP contribution in [-0.2, 0) is 16.0 Å². The Hall–Kier alpha value is -2.48. The number of carbonyl (C=O) groups excluding carboxylic acids is 1. The minimum Gasteiger partial charge on any atom is -0.481 e. The molecule has 0 aliphatic heterocycles. The van der Waals surface area contributed by atoms with Gasteiger partial charge in [0.1, 0.15) is 5.75 Å². The molecule has 0 aliphatic carbocycles. The smallest absolute Gasteiger partial charge is 0.343 e. The lowest BCUT2D eigenvalue weighted by molar-refractivity contribution is -0.142. The molecule has 0 radical (unpaired) electrons. The number of aromatic nitrogens is 1. The Bertz CT molecular complexity index is 610. The molecule has 1 aromatic carbocycles. The van der Waals surface area contributed by atoms with Crippen LogP contribution in [0.5, 0.6) is 5.75 Å². The van der Waals surface area contributed by atoms with E-state index >= 15 is 0 Å². The van der Waals surface area contributed by atoms with Crippen LogP contribution in [0, 0.1) is 11.3 Å². The van der Waals surface area contributed by atoms with Crippen molar-refractivity contribution in [3.63, 3.8) is 0 Å². The second kappa shape index (κ2) is 5.23. The summed E-state index contributed by atoms with van der Waals surface area (Å²) in [5.74, 6) is 0.133. The number of carbonyl (C=O) groups is 1. The van der Waals surface area contributed by atoms with E-state index in [0.29, 0.717) is 12.2 Å². The number of methoxy groups -OCH3 is 1. The fourth-order valence-electron chi connectivity index (χ4n) is 1.76. The van der Waals surface area contributed by atoms with E-state index in [-0.39, 0.29) is 6.61 Å². The van der Waals surface area contributed by atoms with Crippen LogP contribution in [0.2, 0.25) is 0 Å². The van der Waals surface area contributed by atoms with Gasteiger partial charge in [-0.25, -0.2) is 4.79 Å². The van der Waals surface area contributed by atoms with Crippen molar-refractivity contribution in [1.82, 2.24) is 4.98 Å². The van der Waals surface area contributed by atoms with Gasteiger partial charge in [0, 0.05) is 17.1 Å². The molecule has 0 bridgehead atoms. The first-order valence-electron chi connectivity index (χ1n) is 5.41. The second-order valence-electron chi connectivity index (χ2n) is 3.69. The van der Waals surface area contributed by atoms with Gasteiger partial charge in [-0.2, -0.15) is 5.26 Å². The predicted octanol–water partition coefficient (Wildman–Crippen LogP) is 1.79. The van der Waals surface area contributed by atoms with Crippen molar-refractivity contribution in [2.45, 2.75) is 6.42 Å². The zero-order valence-corrected chi connectivity index (χ0v) is 9.90. The second-order valence-corrected chi connectivity index (χ2v) is 3.69. The number of rotatable bonds is 4. The number of H-pyrrole nitrogens is 1. The highest BCUT2D eigenvalue weighted by atomic mass is 16.6. The predicted molar refractivity (Wildman–Crippen MR) is 65.1 cm³/mol. The average Bonchev–Trinajstić information content (AvgIpc) is 2.80. The fraction of sp³-hybridized carbons (Fsp3) is 0.231. The highest BCUT2D eigenvalue weighted by molar-refractivity contribution is 5.89. The van der Waals surface area contributed by atoms with E-state index in [1.807, 2.05) is 12.1 Å². The van der Waals surface area contributed by atoms with Crippen LogP contribution >= 0.6 is 0 Å². The molecule has 0 unspecified atom stereocenters. The third-order valence-electron chi connectivity index (χ3n) is 2.59. The number of nitrogens with zero attached hydrogens (tertiary/aromatic N) is 1. The molecule has 2 aromatic rings. The molecule has 0 atom stereocenters. The highest BCUT2D eigenvalue weighted by Crippen LogP contribution is 2.28. The minimum atomic E-state index is -0.440. The topological polar surface area (TPSA) is 75.1 Å². The van der Waals surface area contributed by atoms with Gasteiger partial charge >= 0.3 is 5.97 Å². The molecule has 18 heavy (non-hydrogen) atoms. The molecule has 1 N–H and O–H groups in total. The van der Waals surface area contributed by atoms with Gasteiger partial charge in [0.25, 0.3) is 0 Å². The molecule has 0 spiro atoms. The van der Waals surface area contributed by atoms with Crippen LogP contribution in [0.3, 0.4) is 0 Å². The first kappa shape index (κ1) is 12.0.